The molecule has 3 N–H and O–H groups in total. The standard InChI is InChI=1S/C25H30N6O2/c1-18-7-3-5-9-21(18)29-25(33)31-15-13-30(14-16-31)12-11-26-24(32)28-23-17-19(2)27-22-10-6-4-8-20(22)23/h3-10,17H,11-16H2,1-2H3,(H,29,33)(H2,26,27,28,32). The van der Waals surface area contributed by atoms with Gasteiger partial charge in [-0.3, -0.25) is 9.88 Å². The highest BCUT2D eigenvalue weighted by Gasteiger charge is 2.21. The monoisotopic (exact) mass is 446 g/mol. The molecule has 1 saturated heterocycles. The quantitative estimate of drug-likeness (QED) is 0.556. The summed E-state index contributed by atoms with van der Waals surface area (Å²) in [5.74, 6) is 0. The van der Waals surface area contributed by atoms with Crippen LogP contribution >= 0.6 is 0 Å². The fourth-order valence-electron chi connectivity index (χ4n) is 3.99. The van der Waals surface area contributed by atoms with Crippen molar-refractivity contribution in [2.45, 2.75) is 13.8 Å². The number of aryl methyl sites for hydroxylation is 2. The number of piperazine rings is 1. The maximum atomic E-state index is 12.5. The van der Waals surface area contributed by atoms with E-state index in [0.717, 1.165) is 53.2 Å². The first-order valence-corrected chi connectivity index (χ1v) is 11.2. The minimum Gasteiger partial charge on any atom is -0.337 e. The lowest BCUT2D eigenvalue weighted by atomic mass is 10.1. The average Bonchev–Trinajstić information content (AvgIpc) is 2.81. The second-order valence-electron chi connectivity index (χ2n) is 8.28. The molecule has 8 heteroatoms. The Labute approximate surface area is 194 Å². The molecule has 2 heterocycles. The van der Waals surface area contributed by atoms with Crippen molar-refractivity contribution >= 4 is 34.3 Å². The average molecular weight is 447 g/mol. The molecule has 1 aliphatic heterocycles. The Morgan fingerprint density at radius 2 is 1.64 bits per heavy atom. The highest BCUT2D eigenvalue weighted by atomic mass is 16.2. The number of fused-ring (bicyclic) bond motifs is 1. The number of hydrogen-bond acceptors (Lipinski definition) is 4. The van der Waals surface area contributed by atoms with Crippen molar-refractivity contribution in [3.05, 3.63) is 65.9 Å². The second kappa shape index (κ2) is 10.3. The van der Waals surface area contributed by atoms with E-state index in [0.29, 0.717) is 19.6 Å². The molecule has 2 aromatic carbocycles. The van der Waals surface area contributed by atoms with Gasteiger partial charge in [0.2, 0.25) is 0 Å². The van der Waals surface area contributed by atoms with Crippen LogP contribution in [0.15, 0.2) is 54.6 Å². The minimum absolute atomic E-state index is 0.0682. The fourth-order valence-corrected chi connectivity index (χ4v) is 3.99. The summed E-state index contributed by atoms with van der Waals surface area (Å²) in [6.45, 7) is 8.03. The molecule has 1 fully saturated rings. The maximum Gasteiger partial charge on any atom is 0.321 e. The lowest BCUT2D eigenvalue weighted by Gasteiger charge is -2.34. The zero-order chi connectivity index (χ0) is 23.2. The topological polar surface area (TPSA) is 89.6 Å². The Morgan fingerprint density at radius 1 is 0.909 bits per heavy atom. The lowest BCUT2D eigenvalue weighted by molar-refractivity contribution is 0.148. The Bertz CT molecular complexity index is 1140. The molecule has 3 aromatic rings. The van der Waals surface area contributed by atoms with Crippen molar-refractivity contribution in [2.24, 2.45) is 0 Å². The first-order chi connectivity index (χ1) is 16.0. The largest absolute Gasteiger partial charge is 0.337 e. The Balaban J connectivity index is 1.20. The van der Waals surface area contributed by atoms with Crippen LogP contribution in [0.2, 0.25) is 0 Å². The van der Waals surface area contributed by atoms with E-state index in [4.69, 9.17) is 0 Å². The number of carbonyl (C=O) groups is 2. The predicted octanol–water partition coefficient (Wildman–Crippen LogP) is 3.82. The second-order valence-corrected chi connectivity index (χ2v) is 8.28. The molecule has 33 heavy (non-hydrogen) atoms. The van der Waals surface area contributed by atoms with E-state index in [1.165, 1.54) is 0 Å². The number of urea groups is 2. The Hall–Kier alpha value is -3.65. The maximum absolute atomic E-state index is 12.5. The number of anilines is 2. The van der Waals surface area contributed by atoms with Crippen LogP contribution in [0.1, 0.15) is 11.3 Å². The molecular formula is C25H30N6O2. The van der Waals surface area contributed by atoms with Gasteiger partial charge in [-0.2, -0.15) is 0 Å². The Kier molecular flexibility index (Phi) is 7.04. The lowest BCUT2D eigenvalue weighted by Crippen LogP contribution is -2.51. The van der Waals surface area contributed by atoms with Crippen LogP contribution in [0.4, 0.5) is 21.0 Å². The number of aromatic nitrogens is 1. The number of nitrogens with zero attached hydrogens (tertiary/aromatic N) is 3. The van der Waals surface area contributed by atoms with E-state index >= 15 is 0 Å². The summed E-state index contributed by atoms with van der Waals surface area (Å²) in [6, 6.07) is 17.1. The summed E-state index contributed by atoms with van der Waals surface area (Å²) >= 11 is 0. The molecule has 0 aliphatic carbocycles. The van der Waals surface area contributed by atoms with Gasteiger partial charge in [-0.05, 0) is 37.6 Å². The van der Waals surface area contributed by atoms with Gasteiger partial charge in [0, 0.05) is 56.0 Å². The van der Waals surface area contributed by atoms with Crippen LogP contribution < -0.4 is 16.0 Å². The molecular weight excluding hydrogens is 416 g/mol. The van der Waals surface area contributed by atoms with Crippen molar-refractivity contribution < 1.29 is 9.59 Å². The van der Waals surface area contributed by atoms with Crippen molar-refractivity contribution in [3.8, 4) is 0 Å². The van der Waals surface area contributed by atoms with Crippen molar-refractivity contribution in [2.75, 3.05) is 49.9 Å². The van der Waals surface area contributed by atoms with E-state index in [1.54, 1.807) is 0 Å². The number of hydrogen-bond donors (Lipinski definition) is 3. The molecule has 4 rings (SSSR count). The third-order valence-corrected chi connectivity index (χ3v) is 5.85. The van der Waals surface area contributed by atoms with Gasteiger partial charge in [0.05, 0.1) is 11.2 Å². The van der Waals surface area contributed by atoms with Crippen LogP contribution in [-0.2, 0) is 0 Å². The molecule has 4 amide bonds. The van der Waals surface area contributed by atoms with Gasteiger partial charge >= 0.3 is 12.1 Å². The minimum atomic E-state index is -0.234. The number of rotatable bonds is 5. The van der Waals surface area contributed by atoms with Crippen LogP contribution in [0, 0.1) is 13.8 Å². The van der Waals surface area contributed by atoms with Gasteiger partial charge in [-0.1, -0.05) is 36.4 Å². The van der Waals surface area contributed by atoms with Gasteiger partial charge in [-0.15, -0.1) is 0 Å². The molecule has 0 radical (unpaired) electrons. The molecule has 8 nitrogen and oxygen atoms in total. The van der Waals surface area contributed by atoms with Crippen LogP contribution in [-0.4, -0.2) is 66.1 Å². The van der Waals surface area contributed by atoms with Gasteiger partial charge < -0.3 is 20.9 Å². The van der Waals surface area contributed by atoms with Gasteiger partial charge in [0.15, 0.2) is 0 Å². The van der Waals surface area contributed by atoms with E-state index in [9.17, 15) is 9.59 Å². The van der Waals surface area contributed by atoms with E-state index in [1.807, 2.05) is 73.3 Å². The van der Waals surface area contributed by atoms with Gasteiger partial charge in [-0.25, -0.2) is 9.59 Å². The number of carbonyl (C=O) groups excluding carboxylic acids is 2. The SMILES string of the molecule is Cc1cc(NC(=O)NCCN2CCN(C(=O)Nc3ccccc3C)CC2)c2ccccc2n1. The fraction of sp³-hybridized carbons (Fsp3) is 0.320. The zero-order valence-electron chi connectivity index (χ0n) is 19.1. The molecule has 1 aromatic heterocycles. The molecule has 0 bridgehead atoms. The van der Waals surface area contributed by atoms with E-state index in [2.05, 4.69) is 25.8 Å². The third kappa shape index (κ3) is 5.78. The van der Waals surface area contributed by atoms with Crippen LogP contribution in [0.25, 0.3) is 10.9 Å². The summed E-state index contributed by atoms with van der Waals surface area (Å²) in [7, 11) is 0. The summed E-state index contributed by atoms with van der Waals surface area (Å²) in [5.41, 5.74) is 4.36. The summed E-state index contributed by atoms with van der Waals surface area (Å²) < 4.78 is 0. The first-order valence-electron chi connectivity index (χ1n) is 11.2. The van der Waals surface area contributed by atoms with Gasteiger partial charge in [0.1, 0.15) is 0 Å². The number of pyridine rings is 1. The molecule has 0 atom stereocenters. The third-order valence-electron chi connectivity index (χ3n) is 5.85. The molecule has 0 saturated carbocycles. The normalized spacial score (nSPS) is 14.2. The summed E-state index contributed by atoms with van der Waals surface area (Å²) in [5, 5.41) is 9.78. The molecule has 172 valence electrons. The van der Waals surface area contributed by atoms with E-state index < -0.39 is 0 Å². The first kappa shape index (κ1) is 22.5. The predicted molar refractivity (Wildman–Crippen MR) is 132 cm³/mol. The molecule has 0 unspecified atom stereocenters. The van der Waals surface area contributed by atoms with Crippen molar-refractivity contribution in [1.29, 1.82) is 0 Å². The number of benzene rings is 2. The van der Waals surface area contributed by atoms with Crippen LogP contribution in [0.5, 0.6) is 0 Å². The highest BCUT2D eigenvalue weighted by Crippen LogP contribution is 2.22. The Morgan fingerprint density at radius 3 is 2.42 bits per heavy atom. The number of nitrogens with one attached hydrogen (secondary N) is 3. The van der Waals surface area contributed by atoms with Gasteiger partial charge in [0.25, 0.3) is 0 Å². The smallest absolute Gasteiger partial charge is 0.321 e. The highest BCUT2D eigenvalue weighted by molar-refractivity contribution is 6.00. The molecule has 0 spiro atoms. The number of amides is 4. The molecule has 1 aliphatic rings. The van der Waals surface area contributed by atoms with Crippen LogP contribution in [0.3, 0.4) is 0 Å². The zero-order valence-corrected chi connectivity index (χ0v) is 19.1. The van der Waals surface area contributed by atoms with E-state index in [-0.39, 0.29) is 12.1 Å². The van der Waals surface area contributed by atoms with Crippen molar-refractivity contribution in [1.82, 2.24) is 20.1 Å². The van der Waals surface area contributed by atoms with Crippen molar-refractivity contribution in [3.63, 3.8) is 0 Å². The number of para-hydroxylation sites is 2. The summed E-state index contributed by atoms with van der Waals surface area (Å²) in [4.78, 5) is 33.6. The summed E-state index contributed by atoms with van der Waals surface area (Å²) in [6.07, 6.45) is 0.